The van der Waals surface area contributed by atoms with Crippen molar-refractivity contribution in [1.29, 1.82) is 0 Å². The number of anilines is 1. The molecule has 0 amide bonds. The summed E-state index contributed by atoms with van der Waals surface area (Å²) >= 11 is 0. The third-order valence-corrected chi connectivity index (χ3v) is 1.73. The summed E-state index contributed by atoms with van der Waals surface area (Å²) in [4.78, 5) is 10.7. The normalized spacial score (nSPS) is 9.69. The van der Waals surface area contributed by atoms with Crippen LogP contribution in [0.3, 0.4) is 0 Å². The van der Waals surface area contributed by atoms with Crippen LogP contribution in [0.15, 0.2) is 12.1 Å². The molecular weight excluding hydrogens is 170 g/mol. The molecule has 0 aliphatic heterocycles. The topological polar surface area (TPSA) is 72.5 Å². The molecule has 0 heterocycles. The fourth-order valence-corrected chi connectivity index (χ4v) is 1.23. The number of nitrogen functional groups attached to an aromatic ring is 1. The Labute approximate surface area is 75.9 Å². The van der Waals surface area contributed by atoms with E-state index in [2.05, 4.69) is 0 Å². The summed E-state index contributed by atoms with van der Waals surface area (Å²) in [6.07, 6.45) is 0. The molecule has 0 unspecified atom stereocenters. The van der Waals surface area contributed by atoms with E-state index in [1.54, 1.807) is 13.0 Å². The van der Waals surface area contributed by atoms with Crippen molar-refractivity contribution in [3.63, 3.8) is 0 Å². The highest BCUT2D eigenvalue weighted by Crippen LogP contribution is 2.25. The zero-order valence-electron chi connectivity index (χ0n) is 7.50. The SMILES string of the molecule is COc1c(C)cc(N)cc1C(=O)O. The third kappa shape index (κ3) is 1.72. The number of aryl methyl sites for hydroxylation is 1. The summed E-state index contributed by atoms with van der Waals surface area (Å²) < 4.78 is 4.96. The van der Waals surface area contributed by atoms with Gasteiger partial charge < -0.3 is 15.6 Å². The molecule has 0 bridgehead atoms. The van der Waals surface area contributed by atoms with E-state index in [9.17, 15) is 4.79 Å². The van der Waals surface area contributed by atoms with E-state index in [1.165, 1.54) is 13.2 Å². The van der Waals surface area contributed by atoms with Crippen molar-refractivity contribution in [2.45, 2.75) is 6.92 Å². The van der Waals surface area contributed by atoms with Crippen molar-refractivity contribution < 1.29 is 14.6 Å². The van der Waals surface area contributed by atoms with Gasteiger partial charge in [0.05, 0.1) is 7.11 Å². The predicted molar refractivity (Wildman–Crippen MR) is 49.1 cm³/mol. The molecule has 1 aromatic rings. The maximum atomic E-state index is 10.7. The van der Waals surface area contributed by atoms with Gasteiger partial charge in [-0.2, -0.15) is 0 Å². The first kappa shape index (κ1) is 9.38. The number of aromatic carboxylic acids is 1. The van der Waals surface area contributed by atoms with Crippen LogP contribution < -0.4 is 10.5 Å². The van der Waals surface area contributed by atoms with Gasteiger partial charge in [0, 0.05) is 5.69 Å². The Balaban J connectivity index is 3.38. The molecular formula is C9H11NO3. The van der Waals surface area contributed by atoms with Gasteiger partial charge in [-0.15, -0.1) is 0 Å². The molecule has 4 nitrogen and oxygen atoms in total. The molecule has 0 aliphatic carbocycles. The maximum Gasteiger partial charge on any atom is 0.339 e. The van der Waals surface area contributed by atoms with Crippen molar-refractivity contribution in [2.24, 2.45) is 0 Å². The molecule has 0 atom stereocenters. The number of hydrogen-bond donors (Lipinski definition) is 2. The van der Waals surface area contributed by atoms with Crippen molar-refractivity contribution >= 4 is 11.7 Å². The Bertz CT molecular complexity index is 347. The van der Waals surface area contributed by atoms with Crippen molar-refractivity contribution in [3.8, 4) is 5.75 Å². The van der Waals surface area contributed by atoms with Gasteiger partial charge in [0.15, 0.2) is 0 Å². The minimum Gasteiger partial charge on any atom is -0.496 e. The lowest BCUT2D eigenvalue weighted by atomic mass is 10.1. The van der Waals surface area contributed by atoms with E-state index in [-0.39, 0.29) is 5.56 Å². The third-order valence-electron chi connectivity index (χ3n) is 1.73. The van der Waals surface area contributed by atoms with Crippen LogP contribution in [0.4, 0.5) is 5.69 Å². The van der Waals surface area contributed by atoms with Crippen LogP contribution in [0.25, 0.3) is 0 Å². The van der Waals surface area contributed by atoms with E-state index < -0.39 is 5.97 Å². The van der Waals surface area contributed by atoms with Crippen LogP contribution in [-0.2, 0) is 0 Å². The van der Waals surface area contributed by atoms with Gasteiger partial charge in [-0.05, 0) is 24.6 Å². The lowest BCUT2D eigenvalue weighted by Crippen LogP contribution is -2.03. The zero-order chi connectivity index (χ0) is 10.0. The molecule has 0 spiro atoms. The number of carboxylic acids is 1. The Morgan fingerprint density at radius 3 is 2.62 bits per heavy atom. The number of benzene rings is 1. The van der Waals surface area contributed by atoms with E-state index in [1.807, 2.05) is 0 Å². The van der Waals surface area contributed by atoms with Crippen LogP contribution in [-0.4, -0.2) is 18.2 Å². The minimum absolute atomic E-state index is 0.0972. The van der Waals surface area contributed by atoms with Gasteiger partial charge in [0.1, 0.15) is 11.3 Å². The van der Waals surface area contributed by atoms with Crippen LogP contribution >= 0.6 is 0 Å². The van der Waals surface area contributed by atoms with Gasteiger partial charge in [0.2, 0.25) is 0 Å². The summed E-state index contributed by atoms with van der Waals surface area (Å²) in [5.41, 5.74) is 6.75. The summed E-state index contributed by atoms with van der Waals surface area (Å²) in [5, 5.41) is 8.81. The number of carboxylic acid groups (broad SMARTS) is 1. The average Bonchev–Trinajstić information content (AvgIpc) is 2.02. The number of hydrogen-bond acceptors (Lipinski definition) is 3. The molecule has 1 aromatic carbocycles. The highest BCUT2D eigenvalue weighted by molar-refractivity contribution is 5.92. The Morgan fingerprint density at radius 1 is 1.54 bits per heavy atom. The van der Waals surface area contributed by atoms with Crippen LogP contribution in [0, 0.1) is 6.92 Å². The van der Waals surface area contributed by atoms with Crippen LogP contribution in [0.2, 0.25) is 0 Å². The fraction of sp³-hybridized carbons (Fsp3) is 0.222. The number of nitrogens with two attached hydrogens (primary N) is 1. The monoisotopic (exact) mass is 181 g/mol. The summed E-state index contributed by atoms with van der Waals surface area (Å²) in [7, 11) is 1.44. The first-order valence-electron chi connectivity index (χ1n) is 3.73. The van der Waals surface area contributed by atoms with E-state index in [0.717, 1.165) is 5.56 Å². The van der Waals surface area contributed by atoms with Gasteiger partial charge in [-0.1, -0.05) is 0 Å². The lowest BCUT2D eigenvalue weighted by Gasteiger charge is -2.08. The number of carbonyl (C=O) groups is 1. The summed E-state index contributed by atoms with van der Waals surface area (Å²) in [5.74, 6) is -0.672. The Kier molecular flexibility index (Phi) is 2.41. The molecule has 0 fully saturated rings. The van der Waals surface area contributed by atoms with Crippen LogP contribution in [0.5, 0.6) is 5.75 Å². The molecule has 1 rings (SSSR count). The van der Waals surface area contributed by atoms with Crippen LogP contribution in [0.1, 0.15) is 15.9 Å². The summed E-state index contributed by atoms with van der Waals surface area (Å²) in [6.45, 7) is 1.75. The Morgan fingerprint density at radius 2 is 2.15 bits per heavy atom. The largest absolute Gasteiger partial charge is 0.496 e. The van der Waals surface area contributed by atoms with Gasteiger partial charge >= 0.3 is 5.97 Å². The lowest BCUT2D eigenvalue weighted by molar-refractivity contribution is 0.0693. The van der Waals surface area contributed by atoms with Gasteiger partial charge in [0.25, 0.3) is 0 Å². The second-order valence-corrected chi connectivity index (χ2v) is 2.72. The van der Waals surface area contributed by atoms with Gasteiger partial charge in [-0.3, -0.25) is 0 Å². The maximum absolute atomic E-state index is 10.7. The highest BCUT2D eigenvalue weighted by Gasteiger charge is 2.13. The molecule has 0 aliphatic rings. The molecule has 0 saturated carbocycles. The minimum atomic E-state index is -1.03. The second-order valence-electron chi connectivity index (χ2n) is 2.72. The highest BCUT2D eigenvalue weighted by atomic mass is 16.5. The van der Waals surface area contributed by atoms with Gasteiger partial charge in [-0.25, -0.2) is 4.79 Å². The smallest absolute Gasteiger partial charge is 0.339 e. The zero-order valence-corrected chi connectivity index (χ0v) is 7.50. The first-order valence-corrected chi connectivity index (χ1v) is 3.73. The van der Waals surface area contributed by atoms with E-state index in [0.29, 0.717) is 11.4 Å². The first-order chi connectivity index (χ1) is 6.06. The van der Waals surface area contributed by atoms with Crippen molar-refractivity contribution in [2.75, 3.05) is 12.8 Å². The number of methoxy groups -OCH3 is 1. The molecule has 0 saturated heterocycles. The number of ether oxygens (including phenoxy) is 1. The number of rotatable bonds is 2. The second kappa shape index (κ2) is 3.35. The molecule has 4 heteroatoms. The molecule has 0 aromatic heterocycles. The quantitative estimate of drug-likeness (QED) is 0.674. The van der Waals surface area contributed by atoms with Crippen molar-refractivity contribution in [3.05, 3.63) is 23.3 Å². The standard InChI is InChI=1S/C9H11NO3/c1-5-3-6(10)4-7(9(11)12)8(5)13-2/h3-4H,10H2,1-2H3,(H,11,12). The molecule has 0 radical (unpaired) electrons. The average molecular weight is 181 g/mol. The van der Waals surface area contributed by atoms with E-state index in [4.69, 9.17) is 15.6 Å². The molecule has 3 N–H and O–H groups in total. The molecule has 13 heavy (non-hydrogen) atoms. The van der Waals surface area contributed by atoms with E-state index >= 15 is 0 Å². The predicted octanol–water partition coefficient (Wildman–Crippen LogP) is 1.28. The summed E-state index contributed by atoms with van der Waals surface area (Å²) in [6, 6.07) is 3.06. The Hall–Kier alpha value is -1.71. The van der Waals surface area contributed by atoms with Crippen molar-refractivity contribution in [1.82, 2.24) is 0 Å². The molecule has 70 valence electrons. The fourth-order valence-electron chi connectivity index (χ4n) is 1.23.